The van der Waals surface area contributed by atoms with Crippen LogP contribution in [0.2, 0.25) is 0 Å². The van der Waals surface area contributed by atoms with Gasteiger partial charge in [0.2, 0.25) is 0 Å². The highest BCUT2D eigenvalue weighted by atomic mass is 16.3. The number of rotatable bonds is 2. The van der Waals surface area contributed by atoms with Gasteiger partial charge in [-0.1, -0.05) is 0 Å². The first kappa shape index (κ1) is 15.8. The fraction of sp³-hybridized carbons (Fsp3) is 0.350. The van der Waals surface area contributed by atoms with E-state index in [4.69, 9.17) is 4.42 Å². The zero-order chi connectivity index (χ0) is 17.6. The van der Waals surface area contributed by atoms with E-state index in [1.165, 1.54) is 0 Å². The quantitative estimate of drug-likeness (QED) is 0.715. The standard InChI is InChI=1S/C20H21N3O2/c1-12-8-13(2)22-19(21-12)16-6-7-23(11-16)20(24)15-4-5-18-17(10-15)9-14(3)25-18/h4-5,8-10,16H,6-7,11H2,1-3H3. The molecule has 128 valence electrons. The van der Waals surface area contributed by atoms with E-state index in [9.17, 15) is 4.79 Å². The Bertz CT molecular complexity index is 940. The molecule has 4 rings (SSSR count). The normalized spacial score (nSPS) is 17.4. The van der Waals surface area contributed by atoms with Gasteiger partial charge < -0.3 is 9.32 Å². The lowest BCUT2D eigenvalue weighted by molar-refractivity contribution is 0.0790. The molecule has 25 heavy (non-hydrogen) atoms. The predicted molar refractivity (Wildman–Crippen MR) is 95.7 cm³/mol. The Labute approximate surface area is 146 Å². The van der Waals surface area contributed by atoms with Crippen molar-refractivity contribution >= 4 is 16.9 Å². The molecule has 1 saturated heterocycles. The van der Waals surface area contributed by atoms with Crippen LogP contribution in [-0.4, -0.2) is 33.9 Å². The van der Waals surface area contributed by atoms with Crippen LogP contribution < -0.4 is 0 Å². The minimum Gasteiger partial charge on any atom is -0.461 e. The number of aromatic nitrogens is 2. The number of carbonyl (C=O) groups is 1. The van der Waals surface area contributed by atoms with Crippen LogP contribution in [-0.2, 0) is 0 Å². The van der Waals surface area contributed by atoms with Crippen molar-refractivity contribution in [2.45, 2.75) is 33.1 Å². The number of fused-ring (bicyclic) bond motifs is 1. The lowest BCUT2D eigenvalue weighted by atomic mass is 10.1. The zero-order valence-corrected chi connectivity index (χ0v) is 14.7. The topological polar surface area (TPSA) is 59.2 Å². The summed E-state index contributed by atoms with van der Waals surface area (Å²) in [5.74, 6) is 1.98. The maximum atomic E-state index is 12.9. The van der Waals surface area contributed by atoms with Crippen LogP contribution in [0.3, 0.4) is 0 Å². The highest BCUT2D eigenvalue weighted by molar-refractivity contribution is 5.98. The van der Waals surface area contributed by atoms with Gasteiger partial charge in [0.1, 0.15) is 17.2 Å². The van der Waals surface area contributed by atoms with Crippen molar-refractivity contribution in [3.05, 3.63) is 58.9 Å². The van der Waals surface area contributed by atoms with Crippen LogP contribution in [0.1, 0.15) is 45.7 Å². The Morgan fingerprint density at radius 1 is 1.12 bits per heavy atom. The first-order valence-corrected chi connectivity index (χ1v) is 8.61. The first-order chi connectivity index (χ1) is 12.0. The summed E-state index contributed by atoms with van der Waals surface area (Å²) < 4.78 is 5.58. The molecule has 0 bridgehead atoms. The molecule has 5 nitrogen and oxygen atoms in total. The van der Waals surface area contributed by atoms with Crippen molar-refractivity contribution in [2.24, 2.45) is 0 Å². The Balaban J connectivity index is 1.54. The van der Waals surface area contributed by atoms with Crippen molar-refractivity contribution in [1.29, 1.82) is 0 Å². The summed E-state index contributed by atoms with van der Waals surface area (Å²) in [4.78, 5) is 23.9. The van der Waals surface area contributed by atoms with E-state index in [1.54, 1.807) is 0 Å². The van der Waals surface area contributed by atoms with Gasteiger partial charge in [-0.25, -0.2) is 9.97 Å². The highest BCUT2D eigenvalue weighted by Gasteiger charge is 2.30. The van der Waals surface area contributed by atoms with E-state index >= 15 is 0 Å². The van der Waals surface area contributed by atoms with Crippen LogP contribution in [0.4, 0.5) is 0 Å². The zero-order valence-electron chi connectivity index (χ0n) is 14.7. The SMILES string of the molecule is Cc1cc(C)nc(C2CCN(C(=O)c3ccc4oc(C)cc4c3)C2)n1. The van der Waals surface area contributed by atoms with Gasteiger partial charge in [-0.05, 0) is 57.5 Å². The molecule has 1 fully saturated rings. The van der Waals surface area contributed by atoms with Gasteiger partial charge in [-0.15, -0.1) is 0 Å². The van der Waals surface area contributed by atoms with Gasteiger partial charge in [-0.3, -0.25) is 4.79 Å². The molecule has 2 aromatic heterocycles. The molecule has 0 radical (unpaired) electrons. The number of carbonyl (C=O) groups excluding carboxylic acids is 1. The van der Waals surface area contributed by atoms with Crippen molar-refractivity contribution in [2.75, 3.05) is 13.1 Å². The number of furan rings is 1. The van der Waals surface area contributed by atoms with Crippen molar-refractivity contribution in [3.63, 3.8) is 0 Å². The molecule has 1 amide bonds. The summed E-state index contributed by atoms with van der Waals surface area (Å²) >= 11 is 0. The van der Waals surface area contributed by atoms with E-state index in [0.717, 1.165) is 46.9 Å². The monoisotopic (exact) mass is 335 g/mol. The number of hydrogen-bond acceptors (Lipinski definition) is 4. The number of benzene rings is 1. The summed E-state index contributed by atoms with van der Waals surface area (Å²) in [5.41, 5.74) is 3.48. The fourth-order valence-electron chi connectivity index (χ4n) is 3.58. The molecule has 1 atom stereocenters. The first-order valence-electron chi connectivity index (χ1n) is 8.61. The van der Waals surface area contributed by atoms with Crippen LogP contribution in [0.25, 0.3) is 11.0 Å². The second-order valence-electron chi connectivity index (χ2n) is 6.86. The lowest BCUT2D eigenvalue weighted by Gasteiger charge is -2.16. The third-order valence-electron chi connectivity index (χ3n) is 4.73. The van der Waals surface area contributed by atoms with E-state index in [1.807, 2.05) is 56.0 Å². The number of aryl methyl sites for hydroxylation is 3. The summed E-state index contributed by atoms with van der Waals surface area (Å²) in [7, 11) is 0. The van der Waals surface area contributed by atoms with Gasteiger partial charge in [-0.2, -0.15) is 0 Å². The Hall–Kier alpha value is -2.69. The largest absolute Gasteiger partial charge is 0.461 e. The van der Waals surface area contributed by atoms with Crippen molar-refractivity contribution in [3.8, 4) is 0 Å². The maximum Gasteiger partial charge on any atom is 0.253 e. The summed E-state index contributed by atoms with van der Waals surface area (Å²) in [5, 5.41) is 0.969. The van der Waals surface area contributed by atoms with Gasteiger partial charge in [0.15, 0.2) is 0 Å². The predicted octanol–water partition coefficient (Wildman–Crippen LogP) is 3.78. The number of likely N-dealkylation sites (tertiary alicyclic amines) is 1. The molecule has 0 aliphatic carbocycles. The molecule has 5 heteroatoms. The number of amides is 1. The maximum absolute atomic E-state index is 12.9. The minimum absolute atomic E-state index is 0.0626. The second kappa shape index (κ2) is 5.99. The average molecular weight is 335 g/mol. The Morgan fingerprint density at radius 3 is 2.64 bits per heavy atom. The Morgan fingerprint density at radius 2 is 1.88 bits per heavy atom. The number of hydrogen-bond donors (Lipinski definition) is 0. The van der Waals surface area contributed by atoms with Crippen LogP contribution in [0.5, 0.6) is 0 Å². The van der Waals surface area contributed by atoms with E-state index in [2.05, 4.69) is 9.97 Å². The average Bonchev–Trinajstić information content (AvgIpc) is 3.18. The lowest BCUT2D eigenvalue weighted by Crippen LogP contribution is -2.28. The van der Waals surface area contributed by atoms with Gasteiger partial charge in [0.05, 0.1) is 0 Å². The molecular weight excluding hydrogens is 314 g/mol. The molecule has 1 unspecified atom stereocenters. The van der Waals surface area contributed by atoms with E-state index in [0.29, 0.717) is 12.1 Å². The third-order valence-corrected chi connectivity index (χ3v) is 4.73. The fourth-order valence-corrected chi connectivity index (χ4v) is 3.58. The van der Waals surface area contributed by atoms with E-state index in [-0.39, 0.29) is 11.8 Å². The summed E-state index contributed by atoms with van der Waals surface area (Å²) in [6.07, 6.45) is 0.904. The van der Waals surface area contributed by atoms with Crippen molar-refractivity contribution < 1.29 is 9.21 Å². The summed E-state index contributed by atoms with van der Waals surface area (Å²) in [6.45, 7) is 7.29. The van der Waals surface area contributed by atoms with Gasteiger partial charge >= 0.3 is 0 Å². The molecule has 0 N–H and O–H groups in total. The minimum atomic E-state index is 0.0626. The van der Waals surface area contributed by atoms with Gasteiger partial charge in [0.25, 0.3) is 5.91 Å². The molecule has 0 saturated carbocycles. The molecule has 3 heterocycles. The molecular formula is C20H21N3O2. The number of nitrogens with zero attached hydrogens (tertiary/aromatic N) is 3. The Kier molecular flexibility index (Phi) is 3.79. The highest BCUT2D eigenvalue weighted by Crippen LogP contribution is 2.27. The molecule has 1 aromatic carbocycles. The van der Waals surface area contributed by atoms with Crippen LogP contribution >= 0.6 is 0 Å². The second-order valence-corrected chi connectivity index (χ2v) is 6.86. The smallest absolute Gasteiger partial charge is 0.253 e. The van der Waals surface area contributed by atoms with Crippen LogP contribution in [0, 0.1) is 20.8 Å². The van der Waals surface area contributed by atoms with Crippen molar-refractivity contribution in [1.82, 2.24) is 14.9 Å². The molecule has 0 spiro atoms. The molecule has 1 aliphatic heterocycles. The molecule has 1 aliphatic rings. The molecule has 3 aromatic rings. The van der Waals surface area contributed by atoms with Crippen LogP contribution in [0.15, 0.2) is 34.7 Å². The summed E-state index contributed by atoms with van der Waals surface area (Å²) in [6, 6.07) is 9.56. The third kappa shape index (κ3) is 3.02. The van der Waals surface area contributed by atoms with E-state index < -0.39 is 0 Å². The van der Waals surface area contributed by atoms with Gasteiger partial charge in [0, 0.05) is 41.3 Å².